The molecule has 1 N–H and O–H groups in total. The zero-order valence-electron chi connectivity index (χ0n) is 13.8. The molecule has 3 rings (SSSR count). The summed E-state index contributed by atoms with van der Waals surface area (Å²) in [7, 11) is 2.05. The molecule has 23 heavy (non-hydrogen) atoms. The summed E-state index contributed by atoms with van der Waals surface area (Å²) in [5.41, 5.74) is -1.12. The minimum Gasteiger partial charge on any atom is -0.380 e. The monoisotopic (exact) mass is 318 g/mol. The lowest BCUT2D eigenvalue weighted by molar-refractivity contribution is -0.153. The summed E-state index contributed by atoms with van der Waals surface area (Å²) in [5.74, 6) is 0.731. The van der Waals surface area contributed by atoms with E-state index in [2.05, 4.69) is 14.9 Å². The molecule has 1 aliphatic heterocycles. The van der Waals surface area contributed by atoms with Crippen LogP contribution in [0.2, 0.25) is 0 Å². The van der Waals surface area contributed by atoms with E-state index in [0.717, 1.165) is 38.1 Å². The van der Waals surface area contributed by atoms with Crippen molar-refractivity contribution in [1.82, 2.24) is 19.8 Å². The van der Waals surface area contributed by atoms with Crippen LogP contribution in [-0.4, -0.2) is 62.6 Å². The zero-order valence-corrected chi connectivity index (χ0v) is 13.8. The molecule has 6 nitrogen and oxygen atoms in total. The number of likely N-dealkylation sites (tertiary alicyclic amines) is 1. The van der Waals surface area contributed by atoms with E-state index < -0.39 is 5.60 Å². The molecule has 2 aliphatic rings. The van der Waals surface area contributed by atoms with Crippen LogP contribution in [0, 0.1) is 0 Å². The van der Waals surface area contributed by atoms with E-state index in [-0.39, 0.29) is 5.91 Å². The summed E-state index contributed by atoms with van der Waals surface area (Å²) in [6.45, 7) is 2.09. The number of carbonyl (C=O) groups is 1. The molecule has 1 aromatic rings. The molecule has 1 amide bonds. The third-order valence-electron chi connectivity index (χ3n) is 5.16. The van der Waals surface area contributed by atoms with E-state index >= 15 is 0 Å². The summed E-state index contributed by atoms with van der Waals surface area (Å²) in [4.78, 5) is 25.2. The highest BCUT2D eigenvalue weighted by Gasteiger charge is 2.42. The van der Waals surface area contributed by atoms with Crippen molar-refractivity contribution in [2.24, 2.45) is 0 Å². The van der Waals surface area contributed by atoms with Gasteiger partial charge in [0.1, 0.15) is 11.4 Å². The van der Waals surface area contributed by atoms with Crippen molar-refractivity contribution < 1.29 is 9.90 Å². The van der Waals surface area contributed by atoms with Crippen LogP contribution in [-0.2, 0) is 11.3 Å². The van der Waals surface area contributed by atoms with Crippen LogP contribution in [0.3, 0.4) is 0 Å². The predicted octanol–water partition coefficient (Wildman–Crippen LogP) is 1.20. The minimum absolute atomic E-state index is 0.0657. The van der Waals surface area contributed by atoms with Crippen molar-refractivity contribution in [2.75, 3.05) is 20.1 Å². The summed E-state index contributed by atoms with van der Waals surface area (Å²) in [5, 5.41) is 10.6. The van der Waals surface area contributed by atoms with Gasteiger partial charge in [-0.25, -0.2) is 9.97 Å². The van der Waals surface area contributed by atoms with Crippen LogP contribution in [0.25, 0.3) is 0 Å². The number of hydrogen-bond donors (Lipinski definition) is 1. The molecule has 0 aromatic carbocycles. The van der Waals surface area contributed by atoms with Crippen molar-refractivity contribution in [2.45, 2.75) is 56.7 Å². The third kappa shape index (κ3) is 3.70. The SMILES string of the molecule is CN(Cc1ncccn1)C1CCN(C(=O)C2(O)CCCCC2)C1. The largest absolute Gasteiger partial charge is 0.380 e. The highest BCUT2D eigenvalue weighted by atomic mass is 16.3. The molecular weight excluding hydrogens is 292 g/mol. The molecule has 1 saturated carbocycles. The Bertz CT molecular complexity index is 531. The molecule has 0 radical (unpaired) electrons. The Morgan fingerprint density at radius 1 is 1.35 bits per heavy atom. The van der Waals surface area contributed by atoms with Gasteiger partial charge in [-0.2, -0.15) is 0 Å². The summed E-state index contributed by atoms with van der Waals surface area (Å²) in [6.07, 6.45) is 8.68. The Kier molecular flexibility index (Phi) is 4.92. The Labute approximate surface area is 137 Å². The average Bonchev–Trinajstić information content (AvgIpc) is 3.06. The van der Waals surface area contributed by atoms with Gasteiger partial charge in [-0.3, -0.25) is 9.69 Å². The lowest BCUT2D eigenvalue weighted by atomic mass is 9.84. The second kappa shape index (κ2) is 6.93. The van der Waals surface area contributed by atoms with Crippen LogP contribution in [0.4, 0.5) is 0 Å². The fourth-order valence-electron chi connectivity index (χ4n) is 3.69. The number of nitrogens with zero attached hydrogens (tertiary/aromatic N) is 4. The standard InChI is InChI=1S/C17H26N4O2/c1-20(13-15-18-9-5-10-19-15)14-6-11-21(12-14)16(22)17(23)7-3-2-4-8-17/h5,9-10,14,23H,2-4,6-8,11-13H2,1H3. The molecular formula is C17H26N4O2. The molecule has 1 unspecified atom stereocenters. The van der Waals surface area contributed by atoms with Crippen molar-refractivity contribution in [3.8, 4) is 0 Å². The zero-order chi connectivity index (χ0) is 16.3. The molecule has 1 aliphatic carbocycles. The Hall–Kier alpha value is -1.53. The molecule has 2 heterocycles. The van der Waals surface area contributed by atoms with Gasteiger partial charge in [0.15, 0.2) is 0 Å². The fourth-order valence-corrected chi connectivity index (χ4v) is 3.69. The molecule has 0 spiro atoms. The average molecular weight is 318 g/mol. The molecule has 2 fully saturated rings. The summed E-state index contributed by atoms with van der Waals surface area (Å²) < 4.78 is 0. The van der Waals surface area contributed by atoms with Crippen molar-refractivity contribution in [3.05, 3.63) is 24.3 Å². The molecule has 1 saturated heterocycles. The van der Waals surface area contributed by atoms with E-state index in [1.807, 2.05) is 18.0 Å². The highest BCUT2D eigenvalue weighted by Crippen LogP contribution is 2.31. The lowest BCUT2D eigenvalue weighted by Crippen LogP contribution is -2.50. The van der Waals surface area contributed by atoms with E-state index in [4.69, 9.17) is 0 Å². The van der Waals surface area contributed by atoms with Crippen molar-refractivity contribution in [3.63, 3.8) is 0 Å². The number of likely N-dealkylation sites (N-methyl/N-ethyl adjacent to an activating group) is 1. The minimum atomic E-state index is -1.12. The van der Waals surface area contributed by atoms with Gasteiger partial charge in [0.05, 0.1) is 6.54 Å². The third-order valence-corrected chi connectivity index (χ3v) is 5.16. The Morgan fingerprint density at radius 2 is 2.04 bits per heavy atom. The summed E-state index contributed by atoms with van der Waals surface area (Å²) >= 11 is 0. The van der Waals surface area contributed by atoms with Gasteiger partial charge in [0, 0.05) is 31.5 Å². The quantitative estimate of drug-likeness (QED) is 0.903. The number of carbonyl (C=O) groups excluding carboxylic acids is 1. The van der Waals surface area contributed by atoms with E-state index in [9.17, 15) is 9.90 Å². The Balaban J connectivity index is 1.56. The summed E-state index contributed by atoms with van der Waals surface area (Å²) in [6, 6.07) is 2.11. The van der Waals surface area contributed by atoms with Crippen LogP contribution >= 0.6 is 0 Å². The number of aliphatic hydroxyl groups is 1. The fraction of sp³-hybridized carbons (Fsp3) is 0.706. The Morgan fingerprint density at radius 3 is 2.74 bits per heavy atom. The van der Waals surface area contributed by atoms with Gasteiger partial charge < -0.3 is 10.0 Å². The van der Waals surface area contributed by atoms with E-state index in [1.54, 1.807) is 12.4 Å². The van der Waals surface area contributed by atoms with Crippen LogP contribution < -0.4 is 0 Å². The smallest absolute Gasteiger partial charge is 0.254 e. The number of amides is 1. The first-order chi connectivity index (χ1) is 11.1. The maximum Gasteiger partial charge on any atom is 0.254 e. The molecule has 6 heteroatoms. The van der Waals surface area contributed by atoms with Gasteiger partial charge in [-0.15, -0.1) is 0 Å². The molecule has 126 valence electrons. The predicted molar refractivity (Wildman–Crippen MR) is 86.5 cm³/mol. The van der Waals surface area contributed by atoms with Crippen molar-refractivity contribution in [1.29, 1.82) is 0 Å². The lowest BCUT2D eigenvalue weighted by Gasteiger charge is -2.34. The second-order valence-corrected chi connectivity index (χ2v) is 6.87. The molecule has 1 aromatic heterocycles. The second-order valence-electron chi connectivity index (χ2n) is 6.87. The first-order valence-corrected chi connectivity index (χ1v) is 8.56. The number of rotatable bonds is 4. The van der Waals surface area contributed by atoms with Gasteiger partial charge in [-0.05, 0) is 32.4 Å². The van der Waals surface area contributed by atoms with Crippen LogP contribution in [0.5, 0.6) is 0 Å². The number of aromatic nitrogens is 2. The van der Waals surface area contributed by atoms with E-state index in [1.165, 1.54) is 0 Å². The normalized spacial score (nSPS) is 24.1. The van der Waals surface area contributed by atoms with Crippen LogP contribution in [0.1, 0.15) is 44.3 Å². The van der Waals surface area contributed by atoms with Gasteiger partial charge in [0.25, 0.3) is 5.91 Å². The highest BCUT2D eigenvalue weighted by molar-refractivity contribution is 5.85. The maximum absolute atomic E-state index is 12.7. The van der Waals surface area contributed by atoms with Crippen molar-refractivity contribution >= 4 is 5.91 Å². The number of hydrogen-bond acceptors (Lipinski definition) is 5. The van der Waals surface area contributed by atoms with Crippen LogP contribution in [0.15, 0.2) is 18.5 Å². The van der Waals surface area contributed by atoms with Gasteiger partial charge >= 0.3 is 0 Å². The molecule has 0 bridgehead atoms. The van der Waals surface area contributed by atoms with Gasteiger partial charge in [0.2, 0.25) is 0 Å². The van der Waals surface area contributed by atoms with Gasteiger partial charge in [-0.1, -0.05) is 19.3 Å². The topological polar surface area (TPSA) is 69.6 Å². The van der Waals surface area contributed by atoms with E-state index in [0.29, 0.717) is 32.0 Å². The molecule has 1 atom stereocenters. The first-order valence-electron chi connectivity index (χ1n) is 8.56. The maximum atomic E-state index is 12.7. The first kappa shape index (κ1) is 16.3.